The van der Waals surface area contributed by atoms with Gasteiger partial charge in [-0.3, -0.25) is 9.59 Å². The minimum Gasteiger partial charge on any atom is -0.481 e. The average Bonchev–Trinajstić information content (AvgIpc) is 2.88. The summed E-state index contributed by atoms with van der Waals surface area (Å²) in [7, 11) is 0. The number of nitrogens with one attached hydrogen (secondary N) is 1. The maximum atomic E-state index is 13.4. The quantitative estimate of drug-likeness (QED) is 0.872. The predicted octanol–water partition coefficient (Wildman–Crippen LogP) is 2.04. The molecule has 0 spiro atoms. The van der Waals surface area contributed by atoms with Crippen molar-refractivity contribution in [1.82, 2.24) is 5.32 Å². The number of benzene rings is 1. The van der Waals surface area contributed by atoms with Gasteiger partial charge in [-0.15, -0.1) is 0 Å². The number of hydrogen-bond acceptors (Lipinski definition) is 3. The molecule has 0 aliphatic carbocycles. The highest BCUT2D eigenvalue weighted by Crippen LogP contribution is 2.25. The highest BCUT2D eigenvalue weighted by molar-refractivity contribution is 6.30. The van der Waals surface area contributed by atoms with Gasteiger partial charge in [0, 0.05) is 31.2 Å². The molecule has 1 aromatic rings. The maximum Gasteiger partial charge on any atom is 0.303 e. The molecule has 1 aliphatic heterocycles. The minimum absolute atomic E-state index is 0.0264. The predicted molar refractivity (Wildman–Crippen MR) is 77.0 cm³/mol. The van der Waals surface area contributed by atoms with Crippen LogP contribution in [0.1, 0.15) is 19.3 Å². The van der Waals surface area contributed by atoms with E-state index in [2.05, 4.69) is 5.32 Å². The van der Waals surface area contributed by atoms with Crippen molar-refractivity contribution < 1.29 is 19.1 Å². The van der Waals surface area contributed by atoms with E-state index in [9.17, 15) is 14.0 Å². The van der Waals surface area contributed by atoms with E-state index in [-0.39, 0.29) is 29.8 Å². The Hall–Kier alpha value is -1.82. The van der Waals surface area contributed by atoms with Crippen LogP contribution in [0.5, 0.6) is 0 Å². The Labute approximate surface area is 126 Å². The molecule has 1 saturated heterocycles. The molecule has 0 saturated carbocycles. The topological polar surface area (TPSA) is 69.6 Å². The van der Waals surface area contributed by atoms with Crippen molar-refractivity contribution >= 4 is 29.2 Å². The summed E-state index contributed by atoms with van der Waals surface area (Å²) in [4.78, 5) is 23.9. The highest BCUT2D eigenvalue weighted by atomic mass is 35.5. The zero-order valence-electron chi connectivity index (χ0n) is 11.3. The van der Waals surface area contributed by atoms with Crippen molar-refractivity contribution in [2.24, 2.45) is 0 Å². The fourth-order valence-electron chi connectivity index (χ4n) is 2.31. The Morgan fingerprint density at radius 2 is 2.19 bits per heavy atom. The van der Waals surface area contributed by atoms with Crippen LogP contribution in [0.4, 0.5) is 10.1 Å². The van der Waals surface area contributed by atoms with E-state index in [0.29, 0.717) is 13.1 Å². The summed E-state index contributed by atoms with van der Waals surface area (Å²) in [5.74, 6) is -1.73. The lowest BCUT2D eigenvalue weighted by molar-refractivity contribution is -0.138. The standard InChI is InChI=1S/C14H16ClFN2O3/c15-11-2-1-10(7-12(11)16)18-6-5-9(8-18)17-13(19)3-4-14(20)21/h1-2,7,9H,3-6,8H2,(H,17,19)(H,20,21). The van der Waals surface area contributed by atoms with Crippen molar-refractivity contribution in [2.75, 3.05) is 18.0 Å². The van der Waals surface area contributed by atoms with E-state index in [1.165, 1.54) is 12.1 Å². The largest absolute Gasteiger partial charge is 0.481 e. The monoisotopic (exact) mass is 314 g/mol. The fourth-order valence-corrected chi connectivity index (χ4v) is 2.43. The normalized spacial score (nSPS) is 17.8. The third-order valence-electron chi connectivity index (χ3n) is 3.39. The van der Waals surface area contributed by atoms with Gasteiger partial charge in [0.05, 0.1) is 11.4 Å². The molecule has 1 fully saturated rings. The van der Waals surface area contributed by atoms with Crippen LogP contribution in [0.25, 0.3) is 0 Å². The summed E-state index contributed by atoms with van der Waals surface area (Å²) in [6.07, 6.45) is 0.537. The number of aliphatic carboxylic acids is 1. The van der Waals surface area contributed by atoms with E-state index in [1.807, 2.05) is 4.90 Å². The van der Waals surface area contributed by atoms with E-state index in [0.717, 1.165) is 12.1 Å². The van der Waals surface area contributed by atoms with Gasteiger partial charge in [-0.25, -0.2) is 4.39 Å². The van der Waals surface area contributed by atoms with Gasteiger partial charge in [0.2, 0.25) is 5.91 Å². The van der Waals surface area contributed by atoms with Crippen molar-refractivity contribution in [3.8, 4) is 0 Å². The summed E-state index contributed by atoms with van der Waals surface area (Å²) < 4.78 is 13.4. The Balaban J connectivity index is 1.87. The molecule has 5 nitrogen and oxygen atoms in total. The zero-order chi connectivity index (χ0) is 15.4. The third kappa shape index (κ3) is 4.32. The molecule has 2 N–H and O–H groups in total. The fraction of sp³-hybridized carbons (Fsp3) is 0.429. The molecule has 1 unspecified atom stereocenters. The lowest BCUT2D eigenvalue weighted by atomic mass is 10.2. The number of carboxylic acid groups (broad SMARTS) is 1. The minimum atomic E-state index is -0.991. The van der Waals surface area contributed by atoms with Gasteiger partial charge in [0.1, 0.15) is 5.82 Å². The maximum absolute atomic E-state index is 13.4. The van der Waals surface area contributed by atoms with Crippen LogP contribution >= 0.6 is 11.6 Å². The molecule has 0 bridgehead atoms. The summed E-state index contributed by atoms with van der Waals surface area (Å²) in [5.41, 5.74) is 0.721. The van der Waals surface area contributed by atoms with Gasteiger partial charge in [0.25, 0.3) is 0 Å². The first-order chi connectivity index (χ1) is 9.95. The van der Waals surface area contributed by atoms with Crippen LogP contribution in [-0.2, 0) is 9.59 Å². The number of anilines is 1. The number of nitrogens with zero attached hydrogens (tertiary/aromatic N) is 1. The molecule has 1 amide bonds. The van der Waals surface area contributed by atoms with Crippen LogP contribution in [0.3, 0.4) is 0 Å². The first-order valence-electron chi connectivity index (χ1n) is 6.67. The van der Waals surface area contributed by atoms with Gasteiger partial charge in [0.15, 0.2) is 0 Å². The van der Waals surface area contributed by atoms with Crippen LogP contribution in [0, 0.1) is 5.82 Å². The molecule has 1 aromatic carbocycles. The number of carbonyl (C=O) groups excluding carboxylic acids is 1. The van der Waals surface area contributed by atoms with Gasteiger partial charge in [-0.1, -0.05) is 11.6 Å². The lowest BCUT2D eigenvalue weighted by Crippen LogP contribution is -2.37. The van der Waals surface area contributed by atoms with Crippen LogP contribution in [0.15, 0.2) is 18.2 Å². The molecule has 1 aliphatic rings. The molecular formula is C14H16ClFN2O3. The second kappa shape index (κ2) is 6.76. The SMILES string of the molecule is O=C(O)CCC(=O)NC1CCN(c2ccc(Cl)c(F)c2)C1. The van der Waals surface area contributed by atoms with Gasteiger partial charge < -0.3 is 15.3 Å². The summed E-state index contributed by atoms with van der Waals surface area (Å²) in [5, 5.41) is 11.4. The molecule has 7 heteroatoms. The number of carbonyl (C=O) groups is 2. The second-order valence-electron chi connectivity index (χ2n) is 4.99. The molecule has 114 valence electrons. The number of amides is 1. The molecule has 2 rings (SSSR count). The van der Waals surface area contributed by atoms with Crippen molar-refractivity contribution in [3.05, 3.63) is 29.0 Å². The Kier molecular flexibility index (Phi) is 5.01. The van der Waals surface area contributed by atoms with Crippen molar-refractivity contribution in [2.45, 2.75) is 25.3 Å². The number of carboxylic acids is 1. The Morgan fingerprint density at radius 3 is 2.86 bits per heavy atom. The molecule has 0 radical (unpaired) electrons. The molecule has 21 heavy (non-hydrogen) atoms. The smallest absolute Gasteiger partial charge is 0.303 e. The van der Waals surface area contributed by atoms with Crippen LogP contribution < -0.4 is 10.2 Å². The van der Waals surface area contributed by atoms with Crippen molar-refractivity contribution in [1.29, 1.82) is 0 Å². The van der Waals surface area contributed by atoms with E-state index < -0.39 is 11.8 Å². The Bertz CT molecular complexity index is 553. The first-order valence-corrected chi connectivity index (χ1v) is 7.04. The molecule has 1 heterocycles. The summed E-state index contributed by atoms with van der Waals surface area (Å²) in [6, 6.07) is 4.56. The molecule has 1 atom stereocenters. The average molecular weight is 315 g/mol. The highest BCUT2D eigenvalue weighted by Gasteiger charge is 2.24. The summed E-state index contributed by atoms with van der Waals surface area (Å²) in [6.45, 7) is 1.27. The van der Waals surface area contributed by atoms with Gasteiger partial charge in [-0.2, -0.15) is 0 Å². The summed E-state index contributed by atoms with van der Waals surface area (Å²) >= 11 is 5.65. The first kappa shape index (κ1) is 15.6. The van der Waals surface area contributed by atoms with Gasteiger partial charge in [-0.05, 0) is 24.6 Å². The van der Waals surface area contributed by atoms with Gasteiger partial charge >= 0.3 is 5.97 Å². The van der Waals surface area contributed by atoms with Crippen LogP contribution in [-0.4, -0.2) is 36.1 Å². The third-order valence-corrected chi connectivity index (χ3v) is 3.69. The van der Waals surface area contributed by atoms with Crippen LogP contribution in [0.2, 0.25) is 5.02 Å². The number of rotatable bonds is 5. The number of halogens is 2. The zero-order valence-corrected chi connectivity index (χ0v) is 12.1. The number of hydrogen-bond donors (Lipinski definition) is 2. The Morgan fingerprint density at radius 1 is 1.43 bits per heavy atom. The van der Waals surface area contributed by atoms with E-state index in [1.54, 1.807) is 6.07 Å². The molecular weight excluding hydrogens is 299 g/mol. The van der Waals surface area contributed by atoms with E-state index >= 15 is 0 Å². The van der Waals surface area contributed by atoms with E-state index in [4.69, 9.17) is 16.7 Å². The van der Waals surface area contributed by atoms with Crippen molar-refractivity contribution in [3.63, 3.8) is 0 Å². The lowest BCUT2D eigenvalue weighted by Gasteiger charge is -2.19. The second-order valence-corrected chi connectivity index (χ2v) is 5.40. The molecule has 0 aromatic heterocycles.